The summed E-state index contributed by atoms with van der Waals surface area (Å²) >= 11 is 0. The Morgan fingerprint density at radius 1 is 1.37 bits per heavy atom. The molecule has 1 heterocycles. The smallest absolute Gasteiger partial charge is 0.240 e. The van der Waals surface area contributed by atoms with Crippen molar-refractivity contribution in [2.45, 2.75) is 33.4 Å². The highest BCUT2D eigenvalue weighted by atomic mass is 16.2. The maximum Gasteiger partial charge on any atom is 0.240 e. The molecule has 0 aliphatic rings. The summed E-state index contributed by atoms with van der Waals surface area (Å²) < 4.78 is 1.75. The van der Waals surface area contributed by atoms with Crippen molar-refractivity contribution in [2.75, 3.05) is 0 Å². The van der Waals surface area contributed by atoms with Crippen molar-refractivity contribution in [2.24, 2.45) is 0 Å². The van der Waals surface area contributed by atoms with Gasteiger partial charge in [0.05, 0.1) is 12.4 Å². The summed E-state index contributed by atoms with van der Waals surface area (Å²) in [6.45, 7) is 6.46. The number of aromatic nitrogens is 2. The third-order valence-electron chi connectivity index (χ3n) is 3.29. The zero-order valence-electron chi connectivity index (χ0n) is 11.6. The molecule has 19 heavy (non-hydrogen) atoms. The van der Waals surface area contributed by atoms with E-state index in [1.165, 1.54) is 11.1 Å². The molecule has 0 aliphatic carbocycles. The zero-order valence-corrected chi connectivity index (χ0v) is 11.6. The maximum absolute atomic E-state index is 11.9. The van der Waals surface area contributed by atoms with Crippen molar-refractivity contribution in [1.29, 1.82) is 0 Å². The van der Waals surface area contributed by atoms with Crippen LogP contribution in [0.2, 0.25) is 0 Å². The van der Waals surface area contributed by atoms with E-state index in [9.17, 15) is 4.79 Å². The quantitative estimate of drug-likeness (QED) is 0.914. The first kappa shape index (κ1) is 13.3. The van der Waals surface area contributed by atoms with Crippen LogP contribution in [0.1, 0.15) is 29.7 Å². The molecule has 4 nitrogen and oxygen atoms in total. The lowest BCUT2D eigenvalue weighted by Crippen LogP contribution is -2.29. The first-order chi connectivity index (χ1) is 9.06. The molecule has 0 fully saturated rings. The average Bonchev–Trinajstić information content (AvgIpc) is 2.85. The Hall–Kier alpha value is -2.10. The Kier molecular flexibility index (Phi) is 4.00. The first-order valence-corrected chi connectivity index (χ1v) is 6.38. The second kappa shape index (κ2) is 5.69. The molecule has 2 rings (SSSR count). The Morgan fingerprint density at radius 3 is 2.79 bits per heavy atom. The van der Waals surface area contributed by atoms with E-state index in [4.69, 9.17) is 0 Å². The summed E-state index contributed by atoms with van der Waals surface area (Å²) in [6, 6.07) is 6.28. The number of hydrogen-bond donors (Lipinski definition) is 1. The fraction of sp³-hybridized carbons (Fsp3) is 0.333. The predicted molar refractivity (Wildman–Crippen MR) is 74.7 cm³/mol. The molecule has 0 spiro atoms. The highest BCUT2D eigenvalue weighted by Crippen LogP contribution is 2.16. The second-order valence-corrected chi connectivity index (χ2v) is 4.87. The molecule has 4 heteroatoms. The van der Waals surface area contributed by atoms with Crippen LogP contribution in [0.15, 0.2) is 36.9 Å². The number of imidazole rings is 1. The fourth-order valence-electron chi connectivity index (χ4n) is 1.95. The molecule has 100 valence electrons. The van der Waals surface area contributed by atoms with Gasteiger partial charge in [0, 0.05) is 12.4 Å². The van der Waals surface area contributed by atoms with Crippen LogP contribution in [0.3, 0.4) is 0 Å². The van der Waals surface area contributed by atoms with E-state index in [1.54, 1.807) is 23.3 Å². The lowest BCUT2D eigenvalue weighted by Gasteiger charge is -2.16. The van der Waals surface area contributed by atoms with Crippen molar-refractivity contribution < 1.29 is 4.79 Å². The number of nitrogens with one attached hydrogen (secondary N) is 1. The van der Waals surface area contributed by atoms with Gasteiger partial charge in [-0.25, -0.2) is 4.98 Å². The summed E-state index contributed by atoms with van der Waals surface area (Å²) in [5.74, 6) is -0.0104. The van der Waals surface area contributed by atoms with E-state index in [-0.39, 0.29) is 11.9 Å². The number of hydrogen-bond acceptors (Lipinski definition) is 2. The van der Waals surface area contributed by atoms with Crippen LogP contribution >= 0.6 is 0 Å². The van der Waals surface area contributed by atoms with Gasteiger partial charge in [0.25, 0.3) is 0 Å². The lowest BCUT2D eigenvalue weighted by atomic mass is 10.0. The van der Waals surface area contributed by atoms with Crippen LogP contribution < -0.4 is 5.32 Å². The molecule has 2 aromatic rings. The van der Waals surface area contributed by atoms with Gasteiger partial charge in [-0.05, 0) is 37.5 Å². The van der Waals surface area contributed by atoms with Crippen LogP contribution in [0.5, 0.6) is 0 Å². The highest BCUT2D eigenvalue weighted by molar-refractivity contribution is 5.76. The van der Waals surface area contributed by atoms with Crippen molar-refractivity contribution in [3.05, 3.63) is 53.6 Å². The van der Waals surface area contributed by atoms with E-state index >= 15 is 0 Å². The molecule has 0 radical (unpaired) electrons. The maximum atomic E-state index is 11.9. The van der Waals surface area contributed by atoms with Crippen LogP contribution in [-0.2, 0) is 11.3 Å². The number of benzene rings is 1. The Balaban J connectivity index is 1.98. The first-order valence-electron chi connectivity index (χ1n) is 6.38. The summed E-state index contributed by atoms with van der Waals surface area (Å²) in [5.41, 5.74) is 3.64. The van der Waals surface area contributed by atoms with Gasteiger partial charge in [-0.15, -0.1) is 0 Å². The van der Waals surface area contributed by atoms with Crippen molar-refractivity contribution >= 4 is 5.91 Å². The van der Waals surface area contributed by atoms with E-state index in [1.807, 2.05) is 6.92 Å². The van der Waals surface area contributed by atoms with Crippen LogP contribution in [-0.4, -0.2) is 15.5 Å². The molecule has 1 atom stereocenters. The topological polar surface area (TPSA) is 46.9 Å². The number of aryl methyl sites for hydroxylation is 2. The molecule has 1 aromatic carbocycles. The van der Waals surface area contributed by atoms with Crippen molar-refractivity contribution in [3.63, 3.8) is 0 Å². The van der Waals surface area contributed by atoms with Gasteiger partial charge in [0.15, 0.2) is 0 Å². The minimum atomic E-state index is -0.0104. The van der Waals surface area contributed by atoms with Gasteiger partial charge in [-0.3, -0.25) is 4.79 Å². The second-order valence-electron chi connectivity index (χ2n) is 4.87. The van der Waals surface area contributed by atoms with Gasteiger partial charge in [0.2, 0.25) is 5.91 Å². The molecule has 0 unspecified atom stereocenters. The van der Waals surface area contributed by atoms with Gasteiger partial charge in [-0.1, -0.05) is 18.2 Å². The molecule has 0 saturated heterocycles. The number of rotatable bonds is 4. The number of amides is 1. The Bertz CT molecular complexity index is 561. The molecular weight excluding hydrogens is 238 g/mol. The lowest BCUT2D eigenvalue weighted by molar-refractivity contribution is -0.122. The SMILES string of the molecule is Cc1ccc([C@@H](C)NC(=O)Cn2ccnc2)cc1C. The molecule has 1 amide bonds. The van der Waals surface area contributed by atoms with E-state index < -0.39 is 0 Å². The minimum Gasteiger partial charge on any atom is -0.348 e. The molecule has 1 aromatic heterocycles. The zero-order chi connectivity index (χ0) is 13.8. The molecule has 0 aliphatic heterocycles. The average molecular weight is 257 g/mol. The van der Waals surface area contributed by atoms with E-state index in [2.05, 4.69) is 42.3 Å². The normalized spacial score (nSPS) is 12.2. The molecule has 0 bridgehead atoms. The van der Waals surface area contributed by atoms with Gasteiger partial charge in [0.1, 0.15) is 6.54 Å². The van der Waals surface area contributed by atoms with E-state index in [0.717, 1.165) is 5.56 Å². The van der Waals surface area contributed by atoms with Gasteiger partial charge < -0.3 is 9.88 Å². The largest absolute Gasteiger partial charge is 0.348 e. The van der Waals surface area contributed by atoms with Crippen LogP contribution in [0.25, 0.3) is 0 Å². The molecular formula is C15H19N3O. The minimum absolute atomic E-state index is 0.00956. The third-order valence-corrected chi connectivity index (χ3v) is 3.29. The van der Waals surface area contributed by atoms with Crippen LogP contribution in [0.4, 0.5) is 0 Å². The highest BCUT2D eigenvalue weighted by Gasteiger charge is 2.10. The van der Waals surface area contributed by atoms with Crippen molar-refractivity contribution in [1.82, 2.24) is 14.9 Å². The summed E-state index contributed by atoms with van der Waals surface area (Å²) in [6.07, 6.45) is 5.08. The van der Waals surface area contributed by atoms with Gasteiger partial charge in [-0.2, -0.15) is 0 Å². The van der Waals surface area contributed by atoms with Gasteiger partial charge >= 0.3 is 0 Å². The van der Waals surface area contributed by atoms with Crippen LogP contribution in [0, 0.1) is 13.8 Å². The standard InChI is InChI=1S/C15H19N3O/c1-11-4-5-14(8-12(11)2)13(3)17-15(19)9-18-7-6-16-10-18/h4-8,10,13H,9H2,1-3H3,(H,17,19)/t13-/m1/s1. The number of nitrogens with zero attached hydrogens (tertiary/aromatic N) is 2. The monoisotopic (exact) mass is 257 g/mol. The summed E-state index contributed by atoms with van der Waals surface area (Å²) in [4.78, 5) is 15.8. The summed E-state index contributed by atoms with van der Waals surface area (Å²) in [5, 5.41) is 2.99. The Morgan fingerprint density at radius 2 is 2.16 bits per heavy atom. The fourth-order valence-corrected chi connectivity index (χ4v) is 1.95. The Labute approximate surface area is 113 Å². The molecule has 0 saturated carbocycles. The number of carbonyl (C=O) groups excluding carboxylic acids is 1. The third kappa shape index (κ3) is 3.44. The van der Waals surface area contributed by atoms with E-state index in [0.29, 0.717) is 6.54 Å². The van der Waals surface area contributed by atoms with Crippen molar-refractivity contribution in [3.8, 4) is 0 Å². The molecule has 1 N–H and O–H groups in total. The summed E-state index contributed by atoms with van der Waals surface area (Å²) in [7, 11) is 0. The predicted octanol–water partition coefficient (Wildman–Crippen LogP) is 2.38. The number of carbonyl (C=O) groups is 1.